The molecule has 0 spiro atoms. The van der Waals surface area contributed by atoms with Gasteiger partial charge in [-0.3, -0.25) is 4.79 Å². The van der Waals surface area contributed by atoms with Crippen molar-refractivity contribution in [2.24, 2.45) is 0 Å². The van der Waals surface area contributed by atoms with Crippen LogP contribution in [0.2, 0.25) is 10.0 Å². The molecule has 1 heterocycles. The molecular weight excluding hydrogens is 389 g/mol. The van der Waals surface area contributed by atoms with Crippen LogP contribution in [0.3, 0.4) is 0 Å². The maximum absolute atomic E-state index is 12.8. The van der Waals surface area contributed by atoms with E-state index in [2.05, 4.69) is 4.98 Å². The van der Waals surface area contributed by atoms with Crippen LogP contribution < -0.4 is 5.73 Å². The van der Waals surface area contributed by atoms with Gasteiger partial charge >= 0.3 is 0 Å². The quantitative estimate of drug-likeness (QED) is 0.572. The Kier molecular flexibility index (Phi) is 4.71. The van der Waals surface area contributed by atoms with E-state index < -0.39 is 0 Å². The van der Waals surface area contributed by atoms with Crippen molar-refractivity contribution in [3.05, 3.63) is 56.2 Å². The highest BCUT2D eigenvalue weighted by molar-refractivity contribution is 7.98. The lowest BCUT2D eigenvalue weighted by Crippen LogP contribution is -2.27. The third-order valence-electron chi connectivity index (χ3n) is 5.02. The molecule has 1 atom stereocenters. The number of halogens is 2. The number of hydrogen-bond donors (Lipinski definition) is 1. The molecule has 2 N–H and O–H groups in total. The number of allylic oxidation sites excluding steroid dienone is 2. The van der Waals surface area contributed by atoms with E-state index in [-0.39, 0.29) is 11.7 Å². The molecule has 2 aromatic rings. The molecule has 1 aromatic carbocycles. The molecule has 0 bridgehead atoms. The monoisotopic (exact) mass is 405 g/mol. The lowest BCUT2D eigenvalue weighted by atomic mass is 9.71. The molecule has 0 saturated carbocycles. The summed E-state index contributed by atoms with van der Waals surface area (Å²) in [7, 11) is 0. The summed E-state index contributed by atoms with van der Waals surface area (Å²) in [6, 6.07) is 5.48. The summed E-state index contributed by atoms with van der Waals surface area (Å²) in [4.78, 5) is 21.9. The van der Waals surface area contributed by atoms with Gasteiger partial charge in [0.1, 0.15) is 5.82 Å². The molecule has 7 heteroatoms. The zero-order valence-corrected chi connectivity index (χ0v) is 16.5. The van der Waals surface area contributed by atoms with E-state index >= 15 is 0 Å². The van der Waals surface area contributed by atoms with Crippen molar-refractivity contribution in [2.75, 3.05) is 12.0 Å². The number of carbonyl (C=O) groups excluding carboxylic acids is 1. The van der Waals surface area contributed by atoms with Crippen LogP contribution in [0.1, 0.15) is 42.0 Å². The lowest BCUT2D eigenvalue weighted by molar-refractivity contribution is -0.116. The molecule has 0 aliphatic heterocycles. The summed E-state index contributed by atoms with van der Waals surface area (Å²) in [6.07, 6.45) is 4.95. The van der Waals surface area contributed by atoms with E-state index in [0.717, 1.165) is 40.8 Å². The zero-order chi connectivity index (χ0) is 18.4. The first-order valence-corrected chi connectivity index (χ1v) is 10.4. The first-order chi connectivity index (χ1) is 12.5. The van der Waals surface area contributed by atoms with Crippen molar-refractivity contribution >= 4 is 46.6 Å². The van der Waals surface area contributed by atoms with Crippen molar-refractivity contribution in [2.45, 2.75) is 36.8 Å². The van der Waals surface area contributed by atoms with Crippen LogP contribution >= 0.6 is 35.0 Å². The fourth-order valence-electron chi connectivity index (χ4n) is 3.90. The Morgan fingerprint density at radius 3 is 2.73 bits per heavy atom. The summed E-state index contributed by atoms with van der Waals surface area (Å²) in [6.45, 7) is 0. The van der Waals surface area contributed by atoms with Gasteiger partial charge in [-0.2, -0.15) is 0 Å². The molecule has 4 rings (SSSR count). The number of rotatable bonds is 2. The van der Waals surface area contributed by atoms with Crippen molar-refractivity contribution in [3.8, 4) is 0 Å². The average Bonchev–Trinajstić information content (AvgIpc) is 2.62. The Morgan fingerprint density at radius 2 is 2.00 bits per heavy atom. The number of thioether (sulfide) groups is 1. The molecule has 0 radical (unpaired) electrons. The van der Waals surface area contributed by atoms with E-state index in [1.54, 1.807) is 6.07 Å². The van der Waals surface area contributed by atoms with E-state index in [0.29, 0.717) is 33.9 Å². The summed E-state index contributed by atoms with van der Waals surface area (Å²) in [5, 5.41) is 1.60. The minimum Gasteiger partial charge on any atom is -0.383 e. The minimum absolute atomic E-state index is 0.182. The van der Waals surface area contributed by atoms with Crippen LogP contribution in [-0.2, 0) is 11.2 Å². The number of carbonyl (C=O) groups is 1. The van der Waals surface area contributed by atoms with Crippen molar-refractivity contribution in [1.29, 1.82) is 0 Å². The van der Waals surface area contributed by atoms with Crippen LogP contribution in [0.4, 0.5) is 5.82 Å². The highest BCUT2D eigenvalue weighted by Crippen LogP contribution is 2.47. The first-order valence-electron chi connectivity index (χ1n) is 8.40. The van der Waals surface area contributed by atoms with Gasteiger partial charge in [0.25, 0.3) is 0 Å². The maximum atomic E-state index is 12.8. The standard InChI is InChI=1S/C19H17Cl2N3OS/c1-26-19-23-13-8-9-3-2-4-14(25)15(9)16(17(13)18(22)24-19)10-5-6-11(20)12(21)7-10/h5-7,16H,2-4,8H2,1H3,(H2,22,23,24). The molecule has 2 aliphatic carbocycles. The summed E-state index contributed by atoms with van der Waals surface area (Å²) in [5.41, 5.74) is 11.0. The Labute approximate surface area is 166 Å². The van der Waals surface area contributed by atoms with Gasteiger partial charge in [-0.05, 0) is 36.8 Å². The number of benzene rings is 1. The van der Waals surface area contributed by atoms with Crippen LogP contribution in [0, 0.1) is 0 Å². The number of Topliss-reactive ketones (excluding diaryl/α,β-unsaturated/α-hetero) is 1. The zero-order valence-electron chi connectivity index (χ0n) is 14.2. The number of hydrogen-bond acceptors (Lipinski definition) is 5. The number of nitrogens with zero attached hydrogens (tertiary/aromatic N) is 2. The van der Waals surface area contributed by atoms with E-state index in [1.165, 1.54) is 11.8 Å². The van der Waals surface area contributed by atoms with Gasteiger partial charge in [-0.25, -0.2) is 9.97 Å². The smallest absolute Gasteiger partial charge is 0.189 e. The molecule has 0 amide bonds. The van der Waals surface area contributed by atoms with Gasteiger partial charge in [0, 0.05) is 29.9 Å². The Bertz CT molecular complexity index is 958. The number of ketones is 1. The van der Waals surface area contributed by atoms with Crippen LogP contribution in [0.25, 0.3) is 0 Å². The normalized spacial score (nSPS) is 19.3. The highest BCUT2D eigenvalue weighted by Gasteiger charge is 2.37. The SMILES string of the molecule is CSc1nc(N)c2c(n1)CC1=C(C(=O)CCC1)C2c1ccc(Cl)c(Cl)c1. The fraction of sp³-hybridized carbons (Fsp3) is 0.316. The number of aromatic nitrogens is 2. The van der Waals surface area contributed by atoms with E-state index in [9.17, 15) is 4.79 Å². The third kappa shape index (κ3) is 2.92. The van der Waals surface area contributed by atoms with Gasteiger partial charge in [-0.15, -0.1) is 0 Å². The first kappa shape index (κ1) is 17.8. The molecule has 1 aromatic heterocycles. The van der Waals surface area contributed by atoms with Crippen LogP contribution in [-0.4, -0.2) is 22.0 Å². The highest BCUT2D eigenvalue weighted by atomic mass is 35.5. The van der Waals surface area contributed by atoms with Crippen molar-refractivity contribution in [1.82, 2.24) is 9.97 Å². The van der Waals surface area contributed by atoms with Crippen molar-refractivity contribution < 1.29 is 4.79 Å². The predicted octanol–water partition coefficient (Wildman–Crippen LogP) is 4.83. The second kappa shape index (κ2) is 6.87. The molecule has 1 unspecified atom stereocenters. The Morgan fingerprint density at radius 1 is 1.19 bits per heavy atom. The minimum atomic E-state index is -0.285. The predicted molar refractivity (Wildman–Crippen MR) is 106 cm³/mol. The summed E-state index contributed by atoms with van der Waals surface area (Å²) < 4.78 is 0. The topological polar surface area (TPSA) is 68.9 Å². The van der Waals surface area contributed by atoms with Gasteiger partial charge < -0.3 is 5.73 Å². The molecule has 2 aliphatic rings. The van der Waals surface area contributed by atoms with Gasteiger partial charge in [-0.1, -0.05) is 46.6 Å². The van der Waals surface area contributed by atoms with Gasteiger partial charge in [0.2, 0.25) is 0 Å². The lowest BCUT2D eigenvalue weighted by Gasteiger charge is -2.33. The molecule has 0 fully saturated rings. The second-order valence-electron chi connectivity index (χ2n) is 6.53. The molecule has 134 valence electrons. The largest absolute Gasteiger partial charge is 0.383 e. The average molecular weight is 406 g/mol. The molecule has 4 nitrogen and oxygen atoms in total. The van der Waals surface area contributed by atoms with Gasteiger partial charge in [0.15, 0.2) is 10.9 Å². The summed E-state index contributed by atoms with van der Waals surface area (Å²) in [5.74, 6) is 0.328. The van der Waals surface area contributed by atoms with Crippen LogP contribution in [0.15, 0.2) is 34.5 Å². The summed E-state index contributed by atoms with van der Waals surface area (Å²) >= 11 is 13.8. The van der Waals surface area contributed by atoms with Crippen LogP contribution in [0.5, 0.6) is 0 Å². The fourth-order valence-corrected chi connectivity index (χ4v) is 4.60. The molecular formula is C19H17Cl2N3OS. The number of fused-ring (bicyclic) bond motifs is 1. The van der Waals surface area contributed by atoms with Crippen molar-refractivity contribution in [3.63, 3.8) is 0 Å². The molecule has 26 heavy (non-hydrogen) atoms. The number of anilines is 1. The number of nitrogens with two attached hydrogens (primary N) is 1. The maximum Gasteiger partial charge on any atom is 0.189 e. The Hall–Kier alpha value is -1.56. The number of nitrogen functional groups attached to an aromatic ring is 1. The Balaban J connectivity index is 1.98. The van der Waals surface area contributed by atoms with Gasteiger partial charge in [0.05, 0.1) is 15.7 Å². The second-order valence-corrected chi connectivity index (χ2v) is 8.12. The van der Waals surface area contributed by atoms with E-state index in [4.69, 9.17) is 33.9 Å². The van der Waals surface area contributed by atoms with E-state index in [1.807, 2.05) is 18.4 Å². The molecule has 0 saturated heterocycles. The third-order valence-corrected chi connectivity index (χ3v) is 6.30.